The summed E-state index contributed by atoms with van der Waals surface area (Å²) in [6.07, 6.45) is 4.36. The minimum Gasteiger partial charge on any atom is -0.497 e. The fraction of sp³-hybridized carbons (Fsp3) is 0.273. The number of methoxy groups -OCH3 is 2. The molecule has 0 aliphatic heterocycles. The molecule has 29 heavy (non-hydrogen) atoms. The minimum absolute atomic E-state index is 0.0673. The molecule has 1 aromatic carbocycles. The van der Waals surface area contributed by atoms with Crippen molar-refractivity contribution >= 4 is 17.4 Å². The van der Waals surface area contributed by atoms with Gasteiger partial charge >= 0.3 is 0 Å². The molecule has 1 unspecified atom stereocenters. The third-order valence-corrected chi connectivity index (χ3v) is 4.62. The fourth-order valence-electron chi connectivity index (χ4n) is 3.13. The summed E-state index contributed by atoms with van der Waals surface area (Å²) in [5.41, 5.74) is 7.35. The second-order valence-corrected chi connectivity index (χ2v) is 6.59. The molecule has 1 heterocycles. The van der Waals surface area contributed by atoms with Gasteiger partial charge in [0.1, 0.15) is 23.0 Å². The number of ether oxygens (including phenoxy) is 3. The van der Waals surface area contributed by atoms with E-state index >= 15 is 0 Å². The quantitative estimate of drug-likeness (QED) is 0.769. The lowest BCUT2D eigenvalue weighted by atomic mass is 10.00. The summed E-state index contributed by atoms with van der Waals surface area (Å²) in [7, 11) is 3.27. The topological polar surface area (TPSA) is 86.9 Å². The highest BCUT2D eigenvalue weighted by Gasteiger charge is 2.24. The first kappa shape index (κ1) is 20.4. The Hall–Kier alpha value is -3.32. The highest BCUT2D eigenvalue weighted by atomic mass is 16.5. The highest BCUT2D eigenvalue weighted by molar-refractivity contribution is 5.93. The number of benzene rings is 1. The highest BCUT2D eigenvalue weighted by Crippen LogP contribution is 2.33. The Morgan fingerprint density at radius 3 is 2.62 bits per heavy atom. The van der Waals surface area contributed by atoms with E-state index in [2.05, 4.69) is 4.98 Å². The number of nitrogens with two attached hydrogens (primary N) is 1. The molecule has 3 rings (SSSR count). The predicted molar refractivity (Wildman–Crippen MR) is 112 cm³/mol. The molecule has 0 radical (unpaired) electrons. The minimum atomic E-state index is -0.152. The zero-order chi connectivity index (χ0) is 20.8. The Morgan fingerprint density at radius 2 is 1.97 bits per heavy atom. The van der Waals surface area contributed by atoms with Crippen LogP contribution >= 0.6 is 0 Å². The molecule has 7 nitrogen and oxygen atoms in total. The first-order valence-electron chi connectivity index (χ1n) is 9.26. The third-order valence-electron chi connectivity index (χ3n) is 4.62. The zero-order valence-electron chi connectivity index (χ0n) is 16.8. The molecule has 0 spiro atoms. The van der Waals surface area contributed by atoms with Crippen LogP contribution in [0.4, 0.5) is 11.5 Å². The number of nitrogen functional groups attached to an aromatic ring is 1. The van der Waals surface area contributed by atoms with E-state index in [0.717, 1.165) is 11.3 Å². The Labute approximate surface area is 170 Å². The molecule has 1 atom stereocenters. The van der Waals surface area contributed by atoms with Crippen molar-refractivity contribution in [2.45, 2.75) is 19.4 Å². The normalized spacial score (nSPS) is 15.9. The number of anilines is 2. The summed E-state index contributed by atoms with van der Waals surface area (Å²) in [5, 5.41) is 0. The molecule has 0 bridgehead atoms. The van der Waals surface area contributed by atoms with Crippen molar-refractivity contribution in [1.29, 1.82) is 0 Å². The molecular weight excluding hydrogens is 370 g/mol. The predicted octanol–water partition coefficient (Wildman–Crippen LogP) is 3.68. The number of aromatic nitrogens is 1. The lowest BCUT2D eigenvalue weighted by molar-refractivity contribution is -0.116. The van der Waals surface area contributed by atoms with Gasteiger partial charge in [0, 0.05) is 20.5 Å². The van der Waals surface area contributed by atoms with Crippen molar-refractivity contribution in [1.82, 2.24) is 4.98 Å². The zero-order valence-corrected chi connectivity index (χ0v) is 16.8. The Bertz CT molecular complexity index is 925. The number of hydrogen-bond acceptors (Lipinski definition) is 6. The molecule has 2 aromatic rings. The van der Waals surface area contributed by atoms with Crippen LogP contribution in [0.3, 0.4) is 0 Å². The Kier molecular flexibility index (Phi) is 6.51. The van der Waals surface area contributed by atoms with Gasteiger partial charge < -0.3 is 24.8 Å². The van der Waals surface area contributed by atoms with Crippen molar-refractivity contribution in [2.75, 3.05) is 31.4 Å². The van der Waals surface area contributed by atoms with Crippen molar-refractivity contribution in [3.05, 3.63) is 65.9 Å². The summed E-state index contributed by atoms with van der Waals surface area (Å²) in [4.78, 5) is 18.5. The maximum absolute atomic E-state index is 12.6. The molecule has 2 N–H and O–H groups in total. The average Bonchev–Trinajstić information content (AvgIpc) is 2.73. The number of rotatable bonds is 7. The van der Waals surface area contributed by atoms with E-state index in [4.69, 9.17) is 19.9 Å². The number of pyridine rings is 1. The fourth-order valence-corrected chi connectivity index (χ4v) is 3.13. The molecule has 0 saturated heterocycles. The lowest BCUT2D eigenvalue weighted by Crippen LogP contribution is -2.33. The van der Waals surface area contributed by atoms with E-state index < -0.39 is 0 Å². The molecular formula is C22H25N3O4. The van der Waals surface area contributed by atoms with Crippen LogP contribution in [-0.4, -0.2) is 37.8 Å². The summed E-state index contributed by atoms with van der Waals surface area (Å²) in [6.45, 7) is 1.82. The van der Waals surface area contributed by atoms with Gasteiger partial charge in [-0.3, -0.25) is 4.79 Å². The second kappa shape index (κ2) is 9.25. The lowest BCUT2D eigenvalue weighted by Gasteiger charge is -2.28. The Balaban J connectivity index is 1.96. The maximum Gasteiger partial charge on any atom is 0.245 e. The Morgan fingerprint density at radius 1 is 1.21 bits per heavy atom. The molecule has 152 valence electrons. The van der Waals surface area contributed by atoms with Crippen LogP contribution in [0.25, 0.3) is 0 Å². The van der Waals surface area contributed by atoms with Crippen LogP contribution in [-0.2, 0) is 14.3 Å². The van der Waals surface area contributed by atoms with Gasteiger partial charge in [-0.15, -0.1) is 0 Å². The van der Waals surface area contributed by atoms with Crippen molar-refractivity contribution < 1.29 is 19.0 Å². The molecule has 0 fully saturated rings. The van der Waals surface area contributed by atoms with E-state index in [1.54, 1.807) is 31.3 Å². The standard InChI is InChI=1S/C22H25N3O4/c1-15(26)25(14-16-13-18(27-2)9-11-20(16)28-3)19-10-12-21(23)24-22(19)29-17-7-5-4-6-8-17/h4-12,18H,13-14H2,1-3H3,(H2,23,24). The van der Waals surface area contributed by atoms with Crippen LogP contribution in [0.5, 0.6) is 11.6 Å². The number of carbonyl (C=O) groups is 1. The first-order valence-corrected chi connectivity index (χ1v) is 9.26. The largest absolute Gasteiger partial charge is 0.497 e. The second-order valence-electron chi connectivity index (χ2n) is 6.59. The van der Waals surface area contributed by atoms with Gasteiger partial charge in [0.05, 0.1) is 19.8 Å². The van der Waals surface area contributed by atoms with Crippen LogP contribution in [0, 0.1) is 0 Å². The molecule has 7 heteroatoms. The van der Waals surface area contributed by atoms with E-state index in [1.807, 2.05) is 42.5 Å². The van der Waals surface area contributed by atoms with Gasteiger partial charge in [-0.2, -0.15) is 4.98 Å². The van der Waals surface area contributed by atoms with Crippen LogP contribution < -0.4 is 15.4 Å². The summed E-state index contributed by atoms with van der Waals surface area (Å²) >= 11 is 0. The third kappa shape index (κ3) is 4.94. The van der Waals surface area contributed by atoms with Crippen LogP contribution in [0.15, 0.2) is 65.9 Å². The van der Waals surface area contributed by atoms with E-state index in [0.29, 0.717) is 30.2 Å². The van der Waals surface area contributed by atoms with Gasteiger partial charge in [-0.05, 0) is 35.9 Å². The van der Waals surface area contributed by atoms with Crippen molar-refractivity contribution in [3.63, 3.8) is 0 Å². The first-order chi connectivity index (χ1) is 14.0. The smallest absolute Gasteiger partial charge is 0.245 e. The van der Waals surface area contributed by atoms with Gasteiger partial charge in [0.15, 0.2) is 0 Å². The van der Waals surface area contributed by atoms with E-state index in [1.165, 1.54) is 6.92 Å². The van der Waals surface area contributed by atoms with Gasteiger partial charge in [-0.25, -0.2) is 0 Å². The molecule has 0 saturated carbocycles. The van der Waals surface area contributed by atoms with E-state index in [9.17, 15) is 4.79 Å². The average molecular weight is 395 g/mol. The molecule has 1 aliphatic rings. The van der Waals surface area contributed by atoms with Crippen molar-refractivity contribution in [2.24, 2.45) is 0 Å². The van der Waals surface area contributed by atoms with E-state index in [-0.39, 0.29) is 17.9 Å². The van der Waals surface area contributed by atoms with Crippen LogP contribution in [0.1, 0.15) is 13.3 Å². The molecule has 1 amide bonds. The number of nitrogens with zero attached hydrogens (tertiary/aromatic N) is 2. The van der Waals surface area contributed by atoms with Gasteiger partial charge in [0.25, 0.3) is 0 Å². The van der Waals surface area contributed by atoms with Gasteiger partial charge in [-0.1, -0.05) is 24.3 Å². The summed E-state index contributed by atoms with van der Waals surface area (Å²) < 4.78 is 16.9. The summed E-state index contributed by atoms with van der Waals surface area (Å²) in [6, 6.07) is 12.6. The maximum atomic E-state index is 12.6. The number of carbonyl (C=O) groups excluding carboxylic acids is 1. The number of hydrogen-bond donors (Lipinski definition) is 1. The van der Waals surface area contributed by atoms with Crippen LogP contribution in [0.2, 0.25) is 0 Å². The number of allylic oxidation sites excluding steroid dienone is 1. The summed E-state index contributed by atoms with van der Waals surface area (Å²) in [5.74, 6) is 1.74. The van der Waals surface area contributed by atoms with Gasteiger partial charge in [0.2, 0.25) is 11.8 Å². The number of para-hydroxylation sites is 1. The monoisotopic (exact) mass is 395 g/mol. The number of amides is 1. The molecule has 1 aromatic heterocycles. The molecule has 1 aliphatic carbocycles. The van der Waals surface area contributed by atoms with Crippen molar-refractivity contribution in [3.8, 4) is 11.6 Å². The SMILES string of the molecule is COC1=C(CN(C(C)=O)c2ccc(N)nc2Oc2ccccc2)CC(OC)C=C1.